The summed E-state index contributed by atoms with van der Waals surface area (Å²) in [6, 6.07) is 13.9. The molecule has 0 saturated heterocycles. The monoisotopic (exact) mass is 242 g/mol. The Morgan fingerprint density at radius 2 is 1.78 bits per heavy atom. The van der Waals surface area contributed by atoms with E-state index in [1.54, 1.807) is 0 Å². The standard InChI is InChI=1S/C16H18O2/c1-3-13-5-7-15(8-6-13)18-16-9-4-12(2)10-14(16)11-17/h4-10,17H,3,11H2,1-2H3. The van der Waals surface area contributed by atoms with Gasteiger partial charge in [-0.1, -0.05) is 36.8 Å². The highest BCUT2D eigenvalue weighted by atomic mass is 16.5. The summed E-state index contributed by atoms with van der Waals surface area (Å²) < 4.78 is 5.79. The van der Waals surface area contributed by atoms with Crippen LogP contribution < -0.4 is 4.74 Å². The third kappa shape index (κ3) is 2.90. The van der Waals surface area contributed by atoms with Gasteiger partial charge in [-0.15, -0.1) is 0 Å². The smallest absolute Gasteiger partial charge is 0.132 e. The summed E-state index contributed by atoms with van der Waals surface area (Å²) in [5.74, 6) is 1.51. The average Bonchev–Trinajstić information content (AvgIpc) is 2.41. The van der Waals surface area contributed by atoms with Crippen molar-refractivity contribution in [2.75, 3.05) is 0 Å². The number of aliphatic hydroxyl groups excluding tert-OH is 1. The summed E-state index contributed by atoms with van der Waals surface area (Å²) in [5.41, 5.74) is 3.22. The fraction of sp³-hybridized carbons (Fsp3) is 0.250. The second-order valence-corrected chi connectivity index (χ2v) is 4.37. The van der Waals surface area contributed by atoms with Gasteiger partial charge in [-0.05, 0) is 37.1 Å². The van der Waals surface area contributed by atoms with Crippen molar-refractivity contribution in [3.05, 3.63) is 59.2 Å². The highest BCUT2D eigenvalue weighted by Crippen LogP contribution is 2.26. The van der Waals surface area contributed by atoms with Gasteiger partial charge in [-0.2, -0.15) is 0 Å². The van der Waals surface area contributed by atoms with E-state index in [-0.39, 0.29) is 6.61 Å². The molecule has 2 heteroatoms. The van der Waals surface area contributed by atoms with E-state index in [9.17, 15) is 5.11 Å². The van der Waals surface area contributed by atoms with Gasteiger partial charge in [0.15, 0.2) is 0 Å². The summed E-state index contributed by atoms with van der Waals surface area (Å²) in [6.45, 7) is 4.11. The fourth-order valence-corrected chi connectivity index (χ4v) is 1.85. The zero-order valence-corrected chi connectivity index (χ0v) is 10.8. The second-order valence-electron chi connectivity index (χ2n) is 4.37. The molecule has 0 atom stereocenters. The van der Waals surface area contributed by atoms with Gasteiger partial charge in [0.05, 0.1) is 6.61 Å². The molecule has 0 heterocycles. The first kappa shape index (κ1) is 12.7. The van der Waals surface area contributed by atoms with Gasteiger partial charge in [0.2, 0.25) is 0 Å². The van der Waals surface area contributed by atoms with Gasteiger partial charge < -0.3 is 9.84 Å². The minimum absolute atomic E-state index is 0.00986. The van der Waals surface area contributed by atoms with Crippen molar-refractivity contribution in [1.82, 2.24) is 0 Å². The van der Waals surface area contributed by atoms with Crippen LogP contribution in [0.3, 0.4) is 0 Å². The van der Waals surface area contributed by atoms with Crippen LogP contribution in [0.4, 0.5) is 0 Å². The Morgan fingerprint density at radius 1 is 1.06 bits per heavy atom. The predicted molar refractivity (Wildman–Crippen MR) is 73.0 cm³/mol. The maximum absolute atomic E-state index is 9.32. The van der Waals surface area contributed by atoms with Crippen molar-refractivity contribution in [3.63, 3.8) is 0 Å². The molecule has 1 N–H and O–H groups in total. The fourth-order valence-electron chi connectivity index (χ4n) is 1.85. The lowest BCUT2D eigenvalue weighted by Crippen LogP contribution is -1.92. The Hall–Kier alpha value is -1.80. The summed E-state index contributed by atoms with van der Waals surface area (Å²) in [6.07, 6.45) is 1.02. The summed E-state index contributed by atoms with van der Waals surface area (Å²) >= 11 is 0. The van der Waals surface area contributed by atoms with Gasteiger partial charge >= 0.3 is 0 Å². The Kier molecular flexibility index (Phi) is 4.00. The Bertz CT molecular complexity index is 515. The largest absolute Gasteiger partial charge is 0.457 e. The SMILES string of the molecule is CCc1ccc(Oc2ccc(C)cc2CO)cc1. The average molecular weight is 242 g/mol. The first-order chi connectivity index (χ1) is 8.72. The number of aliphatic hydroxyl groups is 1. The second kappa shape index (κ2) is 5.69. The van der Waals surface area contributed by atoms with Crippen LogP contribution in [0.1, 0.15) is 23.6 Å². The lowest BCUT2D eigenvalue weighted by molar-refractivity contribution is 0.276. The van der Waals surface area contributed by atoms with Crippen LogP contribution in [0.25, 0.3) is 0 Å². The minimum atomic E-state index is -0.00986. The van der Waals surface area contributed by atoms with Gasteiger partial charge in [0.25, 0.3) is 0 Å². The molecule has 0 fully saturated rings. The molecular weight excluding hydrogens is 224 g/mol. The van der Waals surface area contributed by atoms with E-state index in [1.807, 2.05) is 37.3 Å². The summed E-state index contributed by atoms with van der Waals surface area (Å²) in [4.78, 5) is 0. The number of ether oxygens (including phenoxy) is 1. The molecule has 94 valence electrons. The lowest BCUT2D eigenvalue weighted by Gasteiger charge is -2.10. The Balaban J connectivity index is 2.22. The van der Waals surface area contributed by atoms with E-state index >= 15 is 0 Å². The van der Waals surface area contributed by atoms with E-state index in [2.05, 4.69) is 19.1 Å². The molecule has 0 aliphatic heterocycles. The van der Waals surface area contributed by atoms with Crippen molar-refractivity contribution < 1.29 is 9.84 Å². The zero-order valence-electron chi connectivity index (χ0n) is 10.8. The molecule has 0 aliphatic carbocycles. The molecule has 0 unspecified atom stereocenters. The molecule has 0 aromatic heterocycles. The molecular formula is C16H18O2. The van der Waals surface area contributed by atoms with Crippen LogP contribution in [0, 0.1) is 6.92 Å². The first-order valence-electron chi connectivity index (χ1n) is 6.20. The van der Waals surface area contributed by atoms with Crippen LogP contribution in [0.2, 0.25) is 0 Å². The molecule has 2 aromatic rings. The Morgan fingerprint density at radius 3 is 2.39 bits per heavy atom. The molecule has 0 radical (unpaired) electrons. The van der Waals surface area contributed by atoms with E-state index in [1.165, 1.54) is 5.56 Å². The normalized spacial score (nSPS) is 10.4. The van der Waals surface area contributed by atoms with E-state index in [0.29, 0.717) is 5.75 Å². The Labute approximate surface area is 108 Å². The first-order valence-corrected chi connectivity index (χ1v) is 6.20. The summed E-state index contributed by atoms with van der Waals surface area (Å²) in [5, 5.41) is 9.32. The molecule has 0 bridgehead atoms. The number of aryl methyl sites for hydroxylation is 2. The minimum Gasteiger partial charge on any atom is -0.457 e. The van der Waals surface area contributed by atoms with Gasteiger partial charge in [0, 0.05) is 5.56 Å². The maximum atomic E-state index is 9.32. The molecule has 2 nitrogen and oxygen atoms in total. The van der Waals surface area contributed by atoms with Gasteiger partial charge in [-0.3, -0.25) is 0 Å². The quantitative estimate of drug-likeness (QED) is 0.882. The number of hydrogen-bond acceptors (Lipinski definition) is 2. The van der Waals surface area contributed by atoms with Gasteiger partial charge in [0.1, 0.15) is 11.5 Å². The van der Waals surface area contributed by atoms with E-state index < -0.39 is 0 Å². The molecule has 0 saturated carbocycles. The highest BCUT2D eigenvalue weighted by Gasteiger charge is 2.04. The van der Waals surface area contributed by atoms with Gasteiger partial charge in [-0.25, -0.2) is 0 Å². The highest BCUT2D eigenvalue weighted by molar-refractivity contribution is 5.40. The predicted octanol–water partition coefficient (Wildman–Crippen LogP) is 3.84. The van der Waals surface area contributed by atoms with Crippen molar-refractivity contribution in [1.29, 1.82) is 0 Å². The number of rotatable bonds is 4. The third-order valence-electron chi connectivity index (χ3n) is 2.95. The number of benzene rings is 2. The molecule has 2 aromatic carbocycles. The number of hydrogen-bond donors (Lipinski definition) is 1. The van der Waals surface area contributed by atoms with Crippen LogP contribution in [0.15, 0.2) is 42.5 Å². The van der Waals surface area contributed by atoms with E-state index in [0.717, 1.165) is 23.3 Å². The zero-order chi connectivity index (χ0) is 13.0. The topological polar surface area (TPSA) is 29.5 Å². The lowest BCUT2D eigenvalue weighted by atomic mass is 10.1. The van der Waals surface area contributed by atoms with Crippen molar-refractivity contribution in [2.24, 2.45) is 0 Å². The van der Waals surface area contributed by atoms with Crippen LogP contribution in [-0.4, -0.2) is 5.11 Å². The third-order valence-corrected chi connectivity index (χ3v) is 2.95. The molecule has 0 amide bonds. The van der Waals surface area contributed by atoms with Crippen LogP contribution in [-0.2, 0) is 13.0 Å². The molecule has 2 rings (SSSR count). The van der Waals surface area contributed by atoms with Crippen LogP contribution >= 0.6 is 0 Å². The molecule has 0 aliphatic rings. The molecule has 18 heavy (non-hydrogen) atoms. The van der Waals surface area contributed by atoms with Crippen LogP contribution in [0.5, 0.6) is 11.5 Å². The molecule has 0 spiro atoms. The van der Waals surface area contributed by atoms with E-state index in [4.69, 9.17) is 4.74 Å². The van der Waals surface area contributed by atoms with Crippen molar-refractivity contribution in [3.8, 4) is 11.5 Å². The maximum Gasteiger partial charge on any atom is 0.132 e. The van der Waals surface area contributed by atoms with Crippen molar-refractivity contribution in [2.45, 2.75) is 26.9 Å². The van der Waals surface area contributed by atoms with Crippen molar-refractivity contribution >= 4 is 0 Å². The summed E-state index contributed by atoms with van der Waals surface area (Å²) in [7, 11) is 0.